The minimum absolute atomic E-state index is 0.0268. The van der Waals surface area contributed by atoms with Crippen molar-refractivity contribution in [1.29, 1.82) is 0 Å². The van der Waals surface area contributed by atoms with Crippen molar-refractivity contribution in [2.24, 2.45) is 0 Å². The van der Waals surface area contributed by atoms with Crippen molar-refractivity contribution in [3.63, 3.8) is 0 Å². The minimum Gasteiger partial charge on any atom is -0.494 e. The molecule has 3 aromatic carbocycles. The number of hydrogen-bond acceptors (Lipinski definition) is 3. The average molecular weight is 399 g/mol. The van der Waals surface area contributed by atoms with Gasteiger partial charge in [-0.3, -0.25) is 9.59 Å². The van der Waals surface area contributed by atoms with Crippen molar-refractivity contribution >= 4 is 11.7 Å². The van der Waals surface area contributed by atoms with E-state index in [1.807, 2.05) is 68.4 Å². The van der Waals surface area contributed by atoms with Crippen LogP contribution in [0, 0.1) is 6.92 Å². The smallest absolute Gasteiger partial charge is 0.251 e. The summed E-state index contributed by atoms with van der Waals surface area (Å²) >= 11 is 0. The molecule has 1 amide bonds. The third-order valence-corrected chi connectivity index (χ3v) is 5.30. The lowest BCUT2D eigenvalue weighted by Crippen LogP contribution is -2.25. The second-order valence-electron chi connectivity index (χ2n) is 7.64. The number of ether oxygens (including phenoxy) is 1. The molecule has 4 nitrogen and oxygen atoms in total. The van der Waals surface area contributed by atoms with Crippen LogP contribution >= 0.6 is 0 Å². The molecule has 30 heavy (non-hydrogen) atoms. The normalized spacial score (nSPS) is 13.0. The summed E-state index contributed by atoms with van der Waals surface area (Å²) < 4.78 is 5.43. The molecule has 0 bridgehead atoms. The quantitative estimate of drug-likeness (QED) is 0.557. The topological polar surface area (TPSA) is 55.4 Å². The summed E-state index contributed by atoms with van der Waals surface area (Å²) in [4.78, 5) is 25.2. The maximum atomic E-state index is 12.8. The van der Waals surface area contributed by atoms with Gasteiger partial charge in [-0.25, -0.2) is 0 Å². The number of benzene rings is 3. The Morgan fingerprint density at radius 2 is 1.50 bits per heavy atom. The van der Waals surface area contributed by atoms with Gasteiger partial charge in [0, 0.05) is 22.7 Å². The highest BCUT2D eigenvalue weighted by molar-refractivity contribution is 6.09. The minimum atomic E-state index is -0.0288. The van der Waals surface area contributed by atoms with Gasteiger partial charge in [0.1, 0.15) is 5.75 Å². The molecule has 1 fully saturated rings. The molecule has 4 rings (SSSR count). The van der Waals surface area contributed by atoms with Crippen LogP contribution in [0.5, 0.6) is 5.75 Å². The third-order valence-electron chi connectivity index (χ3n) is 5.30. The second-order valence-corrected chi connectivity index (χ2v) is 7.64. The Hall–Kier alpha value is -3.40. The van der Waals surface area contributed by atoms with E-state index in [4.69, 9.17) is 4.74 Å². The van der Waals surface area contributed by atoms with Crippen LogP contribution < -0.4 is 10.1 Å². The molecule has 1 saturated carbocycles. The van der Waals surface area contributed by atoms with Crippen molar-refractivity contribution < 1.29 is 14.3 Å². The van der Waals surface area contributed by atoms with Crippen LogP contribution in [-0.4, -0.2) is 24.3 Å². The Morgan fingerprint density at radius 3 is 2.10 bits per heavy atom. The van der Waals surface area contributed by atoms with E-state index in [2.05, 4.69) is 5.32 Å². The number of aryl methyl sites for hydroxylation is 1. The number of carbonyl (C=O) groups is 2. The van der Waals surface area contributed by atoms with E-state index < -0.39 is 0 Å². The molecule has 152 valence electrons. The summed E-state index contributed by atoms with van der Waals surface area (Å²) in [7, 11) is 0. The van der Waals surface area contributed by atoms with Crippen molar-refractivity contribution in [2.45, 2.75) is 32.7 Å². The van der Waals surface area contributed by atoms with Crippen LogP contribution in [0.4, 0.5) is 0 Å². The van der Waals surface area contributed by atoms with Gasteiger partial charge in [-0.15, -0.1) is 0 Å². The van der Waals surface area contributed by atoms with E-state index in [9.17, 15) is 9.59 Å². The first-order valence-corrected chi connectivity index (χ1v) is 10.3. The van der Waals surface area contributed by atoms with Gasteiger partial charge in [0.2, 0.25) is 0 Å². The molecular weight excluding hydrogens is 374 g/mol. The number of hydrogen-bond donors (Lipinski definition) is 1. The SMILES string of the molecule is CCOc1ccc(C(=O)c2ccc(-c3cc(C(=O)NC4CC4)ccc3C)cc2)cc1. The Bertz CT molecular complexity index is 1060. The Labute approximate surface area is 176 Å². The maximum Gasteiger partial charge on any atom is 0.251 e. The number of nitrogens with one attached hydrogen (secondary N) is 1. The van der Waals surface area contributed by atoms with Gasteiger partial charge in [-0.05, 0) is 79.8 Å². The molecule has 0 unspecified atom stereocenters. The van der Waals surface area contributed by atoms with Gasteiger partial charge in [-0.2, -0.15) is 0 Å². The molecular formula is C26H25NO3. The van der Waals surface area contributed by atoms with Crippen molar-refractivity contribution in [1.82, 2.24) is 5.32 Å². The van der Waals surface area contributed by atoms with Crippen molar-refractivity contribution in [2.75, 3.05) is 6.61 Å². The summed E-state index contributed by atoms with van der Waals surface area (Å²) in [5, 5.41) is 3.03. The van der Waals surface area contributed by atoms with Crippen LogP contribution in [0.2, 0.25) is 0 Å². The predicted molar refractivity (Wildman–Crippen MR) is 118 cm³/mol. The van der Waals surface area contributed by atoms with Gasteiger partial charge in [0.05, 0.1) is 6.61 Å². The summed E-state index contributed by atoms with van der Waals surface area (Å²) in [6.45, 7) is 4.55. The number of ketones is 1. The summed E-state index contributed by atoms with van der Waals surface area (Å²) in [6.07, 6.45) is 2.13. The summed E-state index contributed by atoms with van der Waals surface area (Å²) in [6, 6.07) is 20.8. The molecule has 1 N–H and O–H groups in total. The maximum absolute atomic E-state index is 12.8. The van der Waals surface area contributed by atoms with Gasteiger partial charge < -0.3 is 10.1 Å². The van der Waals surface area contributed by atoms with E-state index >= 15 is 0 Å². The van der Waals surface area contributed by atoms with E-state index in [-0.39, 0.29) is 11.7 Å². The Kier molecular flexibility index (Phi) is 5.66. The lowest BCUT2D eigenvalue weighted by molar-refractivity contribution is 0.0950. The molecule has 0 saturated heterocycles. The first-order valence-electron chi connectivity index (χ1n) is 10.3. The zero-order valence-corrected chi connectivity index (χ0v) is 17.3. The zero-order chi connectivity index (χ0) is 21.1. The molecule has 1 aliphatic carbocycles. The molecule has 0 aliphatic heterocycles. The van der Waals surface area contributed by atoms with Gasteiger partial charge in [0.15, 0.2) is 5.78 Å². The van der Waals surface area contributed by atoms with Crippen molar-refractivity contribution in [3.05, 3.63) is 89.0 Å². The largest absolute Gasteiger partial charge is 0.494 e. The molecule has 0 spiro atoms. The monoisotopic (exact) mass is 399 g/mol. The highest BCUT2D eigenvalue weighted by Crippen LogP contribution is 2.27. The molecule has 0 aromatic heterocycles. The standard InChI is InChI=1S/C26H25NO3/c1-3-30-23-14-10-20(11-15-23)25(28)19-8-6-18(7-9-19)24-16-21(5-4-17(24)2)26(29)27-22-12-13-22/h4-11,14-16,22H,3,12-13H2,1-2H3,(H,27,29). The fourth-order valence-corrected chi connectivity index (χ4v) is 3.41. The van der Waals surface area contributed by atoms with Crippen LogP contribution in [-0.2, 0) is 0 Å². The van der Waals surface area contributed by atoms with Crippen molar-refractivity contribution in [3.8, 4) is 16.9 Å². The number of amides is 1. The lowest BCUT2D eigenvalue weighted by Gasteiger charge is -2.11. The van der Waals surface area contributed by atoms with E-state index in [0.717, 1.165) is 35.3 Å². The van der Waals surface area contributed by atoms with Crippen LogP contribution in [0.1, 0.15) is 51.6 Å². The van der Waals surface area contributed by atoms with E-state index in [1.54, 1.807) is 12.1 Å². The molecule has 4 heteroatoms. The number of carbonyl (C=O) groups excluding carboxylic acids is 2. The zero-order valence-electron chi connectivity index (χ0n) is 17.3. The van der Waals surface area contributed by atoms with Gasteiger partial charge >= 0.3 is 0 Å². The molecule has 0 heterocycles. The van der Waals surface area contributed by atoms with E-state index in [1.165, 1.54) is 0 Å². The highest BCUT2D eigenvalue weighted by atomic mass is 16.5. The molecule has 3 aromatic rings. The highest BCUT2D eigenvalue weighted by Gasteiger charge is 2.24. The fourth-order valence-electron chi connectivity index (χ4n) is 3.41. The van der Waals surface area contributed by atoms with Crippen LogP contribution in [0.15, 0.2) is 66.7 Å². The third kappa shape index (κ3) is 4.43. The number of rotatable bonds is 7. The fraction of sp³-hybridized carbons (Fsp3) is 0.231. The molecule has 1 aliphatic rings. The average Bonchev–Trinajstić information content (AvgIpc) is 3.58. The predicted octanol–water partition coefficient (Wildman–Crippen LogP) is 5.18. The second kappa shape index (κ2) is 8.54. The van der Waals surface area contributed by atoms with Crippen LogP contribution in [0.25, 0.3) is 11.1 Å². The van der Waals surface area contributed by atoms with Gasteiger partial charge in [0.25, 0.3) is 5.91 Å². The van der Waals surface area contributed by atoms with Crippen LogP contribution in [0.3, 0.4) is 0 Å². The first kappa shape index (κ1) is 19.9. The molecule has 0 atom stereocenters. The summed E-state index contributed by atoms with van der Waals surface area (Å²) in [5.74, 6) is 0.699. The lowest BCUT2D eigenvalue weighted by atomic mass is 9.95. The first-order chi connectivity index (χ1) is 14.5. The Balaban J connectivity index is 1.54. The van der Waals surface area contributed by atoms with Gasteiger partial charge in [-0.1, -0.05) is 30.3 Å². The van der Waals surface area contributed by atoms with E-state index in [0.29, 0.717) is 29.3 Å². The molecule has 0 radical (unpaired) electrons. The summed E-state index contributed by atoms with van der Waals surface area (Å²) in [5.41, 5.74) is 4.99. The Morgan fingerprint density at radius 1 is 0.900 bits per heavy atom.